The lowest BCUT2D eigenvalue weighted by atomic mass is 9.84. The molecule has 4 N–H and O–H groups in total. The van der Waals surface area contributed by atoms with Crippen molar-refractivity contribution in [2.24, 2.45) is 16.3 Å². The number of carboxylic acid groups (broad SMARTS) is 1. The number of carbonyl (C=O) groups excluding carboxylic acids is 3. The second kappa shape index (κ2) is 18.2. The molecule has 0 spiro atoms. The highest BCUT2D eigenvalue weighted by atomic mass is 32.1. The maximum atomic E-state index is 14.5. The van der Waals surface area contributed by atoms with Crippen LogP contribution >= 0.6 is 22.7 Å². The van der Waals surface area contributed by atoms with E-state index in [-0.39, 0.29) is 37.2 Å². The number of thiophene rings is 1. The summed E-state index contributed by atoms with van der Waals surface area (Å²) in [6.45, 7) is 16.7. The molecule has 0 saturated carbocycles. The number of carbonyl (C=O) groups is 4. The number of likely N-dealkylation sites (tertiary alicyclic amines) is 1. The van der Waals surface area contributed by atoms with Crippen LogP contribution in [0.15, 0.2) is 59.0 Å². The van der Waals surface area contributed by atoms with Crippen LogP contribution in [0.25, 0.3) is 15.4 Å². The van der Waals surface area contributed by atoms with Crippen LogP contribution in [-0.2, 0) is 19.2 Å². The predicted octanol–water partition coefficient (Wildman–Crippen LogP) is 6.64. The van der Waals surface area contributed by atoms with E-state index in [0.29, 0.717) is 30.3 Å². The van der Waals surface area contributed by atoms with Gasteiger partial charge >= 0.3 is 5.97 Å². The first-order valence-corrected chi connectivity index (χ1v) is 23.9. The average Bonchev–Trinajstić information content (AvgIpc) is 4.04. The Hall–Kier alpha value is -5.78. The van der Waals surface area contributed by atoms with E-state index < -0.39 is 47.4 Å². The number of amides is 3. The molecule has 17 heteroatoms. The van der Waals surface area contributed by atoms with Crippen molar-refractivity contribution in [2.75, 3.05) is 24.5 Å². The summed E-state index contributed by atoms with van der Waals surface area (Å²) in [5.41, 5.74) is 8.51. The van der Waals surface area contributed by atoms with E-state index >= 15 is 0 Å². The number of aliphatic hydroxyl groups excluding tert-OH is 1. The van der Waals surface area contributed by atoms with Gasteiger partial charge in [-0.1, -0.05) is 57.2 Å². The Labute approximate surface area is 387 Å². The highest BCUT2D eigenvalue weighted by molar-refractivity contribution is 7.15. The fourth-order valence-corrected chi connectivity index (χ4v) is 11.2. The number of piperidine rings is 1. The Morgan fingerprint density at radius 3 is 2.29 bits per heavy atom. The molecule has 5 aromatic rings. The summed E-state index contributed by atoms with van der Waals surface area (Å²) in [5.74, 6) is -1.21. The number of aliphatic imine (C=N–C) groups is 1. The van der Waals surface area contributed by atoms with Crippen LogP contribution in [0.2, 0.25) is 0 Å². The first kappa shape index (κ1) is 45.8. The van der Waals surface area contributed by atoms with Crippen LogP contribution in [0, 0.1) is 39.0 Å². The zero-order valence-corrected chi connectivity index (χ0v) is 39.7. The molecule has 0 unspecified atom stereocenters. The topological polar surface area (TPSA) is 195 Å². The minimum atomic E-state index is -0.978. The lowest BCUT2D eigenvalue weighted by Gasteiger charge is -2.38. The molecule has 3 aromatic heterocycles. The third kappa shape index (κ3) is 9.23. The van der Waals surface area contributed by atoms with E-state index in [0.717, 1.165) is 66.9 Å². The lowest BCUT2D eigenvalue weighted by Crippen LogP contribution is -2.59. The van der Waals surface area contributed by atoms with Gasteiger partial charge in [0.2, 0.25) is 17.7 Å². The first-order chi connectivity index (χ1) is 30.9. The van der Waals surface area contributed by atoms with E-state index in [1.165, 1.54) is 4.90 Å². The summed E-state index contributed by atoms with van der Waals surface area (Å²) in [6.07, 6.45) is 0.395. The van der Waals surface area contributed by atoms with Gasteiger partial charge in [0.15, 0.2) is 5.82 Å². The molecule has 15 nitrogen and oxygen atoms in total. The zero-order chi connectivity index (χ0) is 46.5. The lowest BCUT2D eigenvalue weighted by molar-refractivity contribution is -0.144. The Kier molecular flexibility index (Phi) is 12.8. The van der Waals surface area contributed by atoms with Crippen LogP contribution in [0.5, 0.6) is 0 Å². The predicted molar refractivity (Wildman–Crippen MR) is 252 cm³/mol. The average molecular weight is 920 g/mol. The number of β-amino-alcohol motifs (C(OH)–C–C–N with tert-alkyl or cyclic N) is 1. The molecular weight excluding hydrogens is 863 g/mol. The number of aliphatic hydroxyl groups is 1. The molecule has 65 heavy (non-hydrogen) atoms. The molecule has 342 valence electrons. The van der Waals surface area contributed by atoms with Crippen molar-refractivity contribution in [2.45, 2.75) is 111 Å². The smallest absolute Gasteiger partial charge is 0.306 e. The Morgan fingerprint density at radius 1 is 0.923 bits per heavy atom. The molecule has 0 aliphatic carbocycles. The highest BCUT2D eigenvalue weighted by Gasteiger charge is 2.45. The molecule has 3 aliphatic rings. The Morgan fingerprint density at radius 2 is 1.63 bits per heavy atom. The van der Waals surface area contributed by atoms with Crippen LogP contribution in [0.4, 0.5) is 5.69 Å². The third-order valence-corrected chi connectivity index (χ3v) is 15.1. The molecule has 0 radical (unpaired) electrons. The minimum absolute atomic E-state index is 0.00963. The number of thiazole rings is 1. The number of nitrogens with zero attached hydrogens (tertiary/aromatic N) is 7. The standard InChI is InChI=1S/C48H57N9O6S2/c1-25-28(4)65-47-39(25)40(51-36(21-38(59)60)43-54-53-29(5)57(43)47)31-15-17-34(18-16-31)55-19-9-10-33(22-55)44(61)52-42(48(6,7)8)46(63)56-23-35(58)20-37(56)45(62)50-26(2)30-11-13-32(14-12-30)41-27(3)49-24-64-41/h11-18,24,26,33,35-37,42,58H,9-10,19-23H2,1-8H3,(H,50,62)(H,52,61)(H,59,60)/t26-,33+,35+,36-,37-,42+/m0/s1. The number of aliphatic carboxylic acids is 1. The number of hydrogen-bond donors (Lipinski definition) is 4. The summed E-state index contributed by atoms with van der Waals surface area (Å²) in [4.78, 5) is 69.8. The Bertz CT molecular complexity index is 2640. The number of nitrogens with one attached hydrogen (secondary N) is 2. The highest BCUT2D eigenvalue weighted by Crippen LogP contribution is 2.40. The van der Waals surface area contributed by atoms with Gasteiger partial charge in [0.25, 0.3) is 0 Å². The first-order valence-electron chi connectivity index (χ1n) is 22.2. The molecule has 2 saturated heterocycles. The van der Waals surface area contributed by atoms with Crippen molar-refractivity contribution in [1.82, 2.24) is 35.3 Å². The van der Waals surface area contributed by atoms with Gasteiger partial charge in [-0.25, -0.2) is 4.98 Å². The van der Waals surface area contributed by atoms with Gasteiger partial charge in [0.05, 0.1) is 46.3 Å². The number of hydrogen-bond acceptors (Lipinski definition) is 12. The van der Waals surface area contributed by atoms with Gasteiger partial charge in [-0.05, 0) is 81.7 Å². The molecule has 6 heterocycles. The monoisotopic (exact) mass is 919 g/mol. The van der Waals surface area contributed by atoms with Gasteiger partial charge in [0.1, 0.15) is 29.0 Å². The van der Waals surface area contributed by atoms with Crippen molar-refractivity contribution < 1.29 is 29.4 Å². The van der Waals surface area contributed by atoms with Gasteiger partial charge in [0, 0.05) is 47.7 Å². The van der Waals surface area contributed by atoms with Crippen LogP contribution in [0.3, 0.4) is 0 Å². The second-order valence-corrected chi connectivity index (χ2v) is 20.7. The molecule has 2 fully saturated rings. The molecule has 3 amide bonds. The summed E-state index contributed by atoms with van der Waals surface area (Å²) in [6, 6.07) is 13.1. The number of anilines is 1. The summed E-state index contributed by atoms with van der Waals surface area (Å²) >= 11 is 3.19. The Balaban J connectivity index is 0.951. The maximum Gasteiger partial charge on any atom is 0.306 e. The van der Waals surface area contributed by atoms with Gasteiger partial charge < -0.3 is 30.6 Å². The molecular formula is C48H57N9O6S2. The largest absolute Gasteiger partial charge is 0.481 e. The number of rotatable bonds is 11. The summed E-state index contributed by atoms with van der Waals surface area (Å²) < 4.78 is 1.94. The van der Waals surface area contributed by atoms with Crippen molar-refractivity contribution in [1.29, 1.82) is 0 Å². The van der Waals surface area contributed by atoms with Crippen molar-refractivity contribution in [3.8, 4) is 15.4 Å². The van der Waals surface area contributed by atoms with Gasteiger partial charge in [-0.2, -0.15) is 0 Å². The van der Waals surface area contributed by atoms with Crippen LogP contribution < -0.4 is 15.5 Å². The van der Waals surface area contributed by atoms with Crippen molar-refractivity contribution >= 4 is 57.8 Å². The summed E-state index contributed by atoms with van der Waals surface area (Å²) in [5, 5.41) is 36.4. The number of aryl methyl sites for hydroxylation is 3. The quantitative estimate of drug-likeness (QED) is 0.112. The fourth-order valence-electron chi connectivity index (χ4n) is 9.22. The number of aromatic nitrogens is 4. The van der Waals surface area contributed by atoms with Crippen LogP contribution in [-0.4, -0.2) is 102 Å². The van der Waals surface area contributed by atoms with E-state index in [9.17, 15) is 29.4 Å². The van der Waals surface area contributed by atoms with Gasteiger partial charge in [-0.3, -0.25) is 28.7 Å². The molecule has 2 aromatic carbocycles. The molecule has 8 rings (SSSR count). The van der Waals surface area contributed by atoms with Gasteiger partial charge in [-0.15, -0.1) is 32.9 Å². The van der Waals surface area contributed by atoms with E-state index in [2.05, 4.69) is 44.6 Å². The van der Waals surface area contributed by atoms with Crippen molar-refractivity contribution in [3.63, 3.8) is 0 Å². The maximum absolute atomic E-state index is 14.5. The van der Waals surface area contributed by atoms with Crippen LogP contribution in [0.1, 0.15) is 110 Å². The third-order valence-electron chi connectivity index (χ3n) is 12.9. The minimum Gasteiger partial charge on any atom is -0.481 e. The van der Waals surface area contributed by atoms with Crippen molar-refractivity contribution in [3.05, 3.63) is 98.5 Å². The number of benzene rings is 2. The summed E-state index contributed by atoms with van der Waals surface area (Å²) in [7, 11) is 0. The number of carboxylic acids is 1. The van der Waals surface area contributed by atoms with E-state index in [1.807, 2.05) is 100 Å². The molecule has 0 bridgehead atoms. The normalized spacial score (nSPS) is 20.6. The second-order valence-electron chi connectivity index (χ2n) is 18.7. The molecule has 3 aliphatic heterocycles. The van der Waals surface area contributed by atoms with E-state index in [1.54, 1.807) is 22.7 Å². The zero-order valence-electron chi connectivity index (χ0n) is 38.1. The molecule has 6 atom stereocenters. The SMILES string of the molecule is Cc1ncsc1-c1ccc([C@H](C)NC(=O)[C@@H]2C[C@@H](O)CN2C(=O)[C@@H](NC(=O)[C@@H]2CCCN(c3ccc(C4=N[C@@H](CC(=O)O)c5nnc(C)n5-c5sc(C)c(C)c54)cc3)C2)C(C)(C)C)cc1. The fraction of sp³-hybridized carbons (Fsp3) is 0.458. The van der Waals surface area contributed by atoms with E-state index in [4.69, 9.17) is 4.99 Å². The number of fused-ring (bicyclic) bond motifs is 3.